The van der Waals surface area contributed by atoms with Gasteiger partial charge in [-0.1, -0.05) is 41.7 Å². The number of thiazole rings is 1. The van der Waals surface area contributed by atoms with Gasteiger partial charge < -0.3 is 44.8 Å². The van der Waals surface area contributed by atoms with Crippen molar-refractivity contribution in [2.45, 2.75) is 49.9 Å². The number of ether oxygens (including phenoxy) is 1. The van der Waals surface area contributed by atoms with Crippen LogP contribution in [0, 0.1) is 0 Å². The van der Waals surface area contributed by atoms with E-state index in [0.29, 0.717) is 54.1 Å². The van der Waals surface area contributed by atoms with E-state index in [9.17, 15) is 46.1 Å². The molecular weight excluding hydrogens is 831 g/mol. The molecule has 14 nitrogen and oxygen atoms in total. The lowest BCUT2D eigenvalue weighted by atomic mass is 9.88. The van der Waals surface area contributed by atoms with Gasteiger partial charge in [0.25, 0.3) is 5.91 Å². The van der Waals surface area contributed by atoms with Crippen LogP contribution in [0.5, 0.6) is 5.75 Å². The molecule has 5 aromatic rings. The minimum Gasteiger partial charge on any atom is -0.506 e. The Labute approximate surface area is 340 Å². The largest absolute Gasteiger partial charge is 0.506 e. The summed E-state index contributed by atoms with van der Waals surface area (Å²) in [5, 5.41) is 39.3. The molecule has 1 atom stereocenters. The van der Waals surface area contributed by atoms with Gasteiger partial charge in [0.1, 0.15) is 16.8 Å². The van der Waals surface area contributed by atoms with Gasteiger partial charge in [0.05, 0.1) is 35.8 Å². The number of fused-ring (bicyclic) bond motifs is 2. The summed E-state index contributed by atoms with van der Waals surface area (Å²) in [4.78, 5) is 49.7. The summed E-state index contributed by atoms with van der Waals surface area (Å²) in [6.45, 7) is 5.49. The first kappa shape index (κ1) is 45.6. The maximum atomic E-state index is 13.4. The summed E-state index contributed by atoms with van der Waals surface area (Å²) < 4.78 is 75.8. The maximum absolute atomic E-state index is 13.4. The molecule has 1 amide bonds. The standard InChI is InChI=1S/C35H38N4O6S.2C2HF3O2/c40-28-6-5-27(32-31(28)37-34(43)46-32)29(41)20-36-12-8-23-2-1-3-24(18-23)21-38-13-10-35(11-14-38)22-39(15-17-45-35)33(42)26-4-7-30-25(19-26)9-16-44-30;2*3-2(4,5)1(6)7/h1-7,9,16,18-19,29,36,40-41H,8,10-15,17,20-22H2,(H,37,43);2*(H,6,7)/t29-;;/m0../s1. The quantitative estimate of drug-likeness (QED) is 0.0782. The van der Waals surface area contributed by atoms with Crippen molar-refractivity contribution in [1.82, 2.24) is 20.1 Å². The van der Waals surface area contributed by atoms with Crippen molar-refractivity contribution in [2.24, 2.45) is 0 Å². The van der Waals surface area contributed by atoms with Crippen molar-refractivity contribution >= 4 is 50.4 Å². The molecule has 60 heavy (non-hydrogen) atoms. The third-order valence-electron chi connectivity index (χ3n) is 9.76. The van der Waals surface area contributed by atoms with E-state index in [1.54, 1.807) is 12.3 Å². The Morgan fingerprint density at radius 2 is 1.58 bits per heavy atom. The second-order valence-corrected chi connectivity index (χ2v) is 15.0. The van der Waals surface area contributed by atoms with Crippen LogP contribution in [0.4, 0.5) is 26.3 Å². The number of carboxylic acid groups (broad SMARTS) is 2. The van der Waals surface area contributed by atoms with Crippen molar-refractivity contribution < 1.29 is 70.3 Å². The molecule has 2 saturated heterocycles. The normalized spacial score (nSPS) is 16.1. The number of piperidine rings is 1. The predicted molar refractivity (Wildman–Crippen MR) is 205 cm³/mol. The first-order valence-corrected chi connectivity index (χ1v) is 19.1. The minimum absolute atomic E-state index is 0.00225. The van der Waals surface area contributed by atoms with Crippen LogP contribution in [-0.2, 0) is 27.3 Å². The first-order valence-electron chi connectivity index (χ1n) is 18.3. The molecule has 21 heteroatoms. The molecule has 2 aliphatic rings. The minimum atomic E-state index is -5.08. The summed E-state index contributed by atoms with van der Waals surface area (Å²) in [7, 11) is 0. The lowest BCUT2D eigenvalue weighted by molar-refractivity contribution is -0.193. The number of carboxylic acids is 2. The molecule has 0 unspecified atom stereocenters. The maximum Gasteiger partial charge on any atom is 0.490 e. The lowest BCUT2D eigenvalue weighted by Gasteiger charge is -2.47. The number of carbonyl (C=O) groups is 3. The van der Waals surface area contributed by atoms with Crippen LogP contribution in [0.2, 0.25) is 0 Å². The number of carbonyl (C=O) groups excluding carboxylic acids is 1. The summed E-state index contributed by atoms with van der Waals surface area (Å²) >= 11 is 0.992. The third-order valence-corrected chi connectivity index (χ3v) is 10.7. The van der Waals surface area contributed by atoms with Gasteiger partial charge in [-0.2, -0.15) is 26.3 Å². The molecule has 1 spiro atoms. The van der Waals surface area contributed by atoms with E-state index in [1.165, 1.54) is 17.2 Å². The number of halogens is 6. The lowest BCUT2D eigenvalue weighted by Crippen LogP contribution is -2.57. The molecule has 3 aromatic carbocycles. The van der Waals surface area contributed by atoms with Crippen LogP contribution in [0.1, 0.15) is 46.0 Å². The Kier molecular flexibility index (Phi) is 14.6. The molecule has 2 fully saturated rings. The summed E-state index contributed by atoms with van der Waals surface area (Å²) in [5.74, 6) is -5.46. The number of amides is 1. The number of morpholine rings is 1. The number of alkyl halides is 6. The number of aromatic hydroxyl groups is 1. The number of nitrogens with one attached hydrogen (secondary N) is 2. The number of likely N-dealkylation sites (tertiary alicyclic amines) is 1. The SMILES string of the molecule is O=C(O)C(F)(F)F.O=C(O)C(F)(F)F.O=C(c1ccc2occc2c1)N1CCOC2(CCN(Cc3cccc(CCNC[C@H](O)c4ccc(O)c5[nH]c(=O)sc45)c3)CC2)C1. The van der Waals surface area contributed by atoms with Gasteiger partial charge in [-0.3, -0.25) is 14.5 Å². The molecule has 4 heterocycles. The molecule has 0 saturated carbocycles. The van der Waals surface area contributed by atoms with E-state index in [1.807, 2.05) is 29.2 Å². The Bertz CT molecular complexity index is 2310. The number of phenols is 1. The monoisotopic (exact) mass is 870 g/mol. The van der Waals surface area contributed by atoms with Crippen LogP contribution in [0.25, 0.3) is 21.2 Å². The molecular formula is C39H40F6N4O10S. The van der Waals surface area contributed by atoms with E-state index >= 15 is 0 Å². The highest BCUT2D eigenvalue weighted by Crippen LogP contribution is 2.33. The highest BCUT2D eigenvalue weighted by atomic mass is 32.1. The smallest absolute Gasteiger partial charge is 0.490 e. The molecule has 6 N–H and O–H groups in total. The Morgan fingerprint density at radius 3 is 2.25 bits per heavy atom. The Balaban J connectivity index is 0.000000420. The second kappa shape index (κ2) is 19.3. The van der Waals surface area contributed by atoms with Gasteiger partial charge in [-0.15, -0.1) is 0 Å². The second-order valence-electron chi connectivity index (χ2n) is 14.0. The van der Waals surface area contributed by atoms with Gasteiger partial charge >= 0.3 is 29.2 Å². The van der Waals surface area contributed by atoms with Crippen molar-refractivity contribution in [3.8, 4) is 5.75 Å². The molecule has 2 aromatic heterocycles. The van der Waals surface area contributed by atoms with Crippen LogP contribution in [0.3, 0.4) is 0 Å². The van der Waals surface area contributed by atoms with Crippen molar-refractivity contribution in [2.75, 3.05) is 45.9 Å². The number of nitrogens with zero attached hydrogens (tertiary/aromatic N) is 2. The molecule has 0 bridgehead atoms. The third kappa shape index (κ3) is 12.1. The number of H-pyrrole nitrogens is 1. The number of hydrogen-bond donors (Lipinski definition) is 6. The number of aromatic nitrogens is 1. The molecule has 324 valence electrons. The fourth-order valence-corrected chi connectivity index (χ4v) is 7.66. The number of phenolic OH excluding ortho intramolecular Hbond substituents is 1. The summed E-state index contributed by atoms with van der Waals surface area (Å²) in [5.41, 5.74) is 4.65. The van der Waals surface area contributed by atoms with E-state index in [2.05, 4.69) is 39.5 Å². The Hall–Kier alpha value is -5.48. The van der Waals surface area contributed by atoms with Gasteiger partial charge in [-0.25, -0.2) is 9.59 Å². The molecule has 2 aliphatic heterocycles. The van der Waals surface area contributed by atoms with Crippen LogP contribution < -0.4 is 10.2 Å². The topological polar surface area (TPSA) is 206 Å². The van der Waals surface area contributed by atoms with Crippen LogP contribution in [-0.4, -0.2) is 117 Å². The summed E-state index contributed by atoms with van der Waals surface area (Å²) in [6.07, 6.45) is -6.73. The molecule has 0 radical (unpaired) electrons. The van der Waals surface area contributed by atoms with Crippen molar-refractivity contribution in [3.05, 3.63) is 98.8 Å². The Morgan fingerprint density at radius 1 is 0.917 bits per heavy atom. The van der Waals surface area contributed by atoms with Crippen molar-refractivity contribution in [1.29, 1.82) is 0 Å². The van der Waals surface area contributed by atoms with Crippen molar-refractivity contribution in [3.63, 3.8) is 0 Å². The molecule has 7 rings (SSSR count). The average Bonchev–Trinajstić information content (AvgIpc) is 3.84. The highest BCUT2D eigenvalue weighted by Gasteiger charge is 2.41. The highest BCUT2D eigenvalue weighted by molar-refractivity contribution is 7.16. The number of benzene rings is 3. The fraction of sp³-hybridized carbons (Fsp3) is 0.385. The number of aromatic amines is 1. The van der Waals surface area contributed by atoms with Crippen LogP contribution >= 0.6 is 11.3 Å². The number of furan rings is 1. The molecule has 0 aliphatic carbocycles. The zero-order valence-electron chi connectivity index (χ0n) is 31.5. The summed E-state index contributed by atoms with van der Waals surface area (Å²) in [6, 6.07) is 19.3. The van der Waals surface area contributed by atoms with Crippen LogP contribution in [0.15, 0.2) is 76.1 Å². The fourth-order valence-electron chi connectivity index (χ4n) is 6.75. The van der Waals surface area contributed by atoms with E-state index in [0.717, 1.165) is 61.2 Å². The predicted octanol–water partition coefficient (Wildman–Crippen LogP) is 5.68. The van der Waals surface area contributed by atoms with E-state index in [4.69, 9.17) is 29.0 Å². The average molecular weight is 871 g/mol. The number of aliphatic hydroxyl groups is 1. The number of aliphatic hydroxyl groups excluding tert-OH is 1. The van der Waals surface area contributed by atoms with Gasteiger partial charge in [0.2, 0.25) is 0 Å². The van der Waals surface area contributed by atoms with Gasteiger partial charge in [-0.05, 0) is 67.3 Å². The number of hydrogen-bond acceptors (Lipinski definition) is 11. The number of rotatable bonds is 9. The van der Waals surface area contributed by atoms with E-state index in [-0.39, 0.29) is 22.1 Å². The number of aliphatic carboxylic acids is 2. The first-order chi connectivity index (χ1) is 28.2. The van der Waals surface area contributed by atoms with E-state index < -0.39 is 30.4 Å². The van der Waals surface area contributed by atoms with Gasteiger partial charge in [0.15, 0.2) is 0 Å². The zero-order chi connectivity index (χ0) is 43.8. The van der Waals surface area contributed by atoms with Gasteiger partial charge in [0, 0.05) is 49.2 Å². The zero-order valence-corrected chi connectivity index (χ0v) is 32.3.